The number of thiophene rings is 1. The zero-order chi connectivity index (χ0) is 14.1. The van der Waals surface area contributed by atoms with Crippen LogP contribution >= 0.6 is 11.3 Å². The van der Waals surface area contributed by atoms with Crippen LogP contribution in [0.5, 0.6) is 0 Å². The Labute approximate surface area is 121 Å². The van der Waals surface area contributed by atoms with Crippen molar-refractivity contribution in [3.8, 4) is 0 Å². The van der Waals surface area contributed by atoms with E-state index in [-0.39, 0.29) is 12.0 Å². The number of pyridine rings is 1. The van der Waals surface area contributed by atoms with Gasteiger partial charge in [0.25, 0.3) is 5.91 Å². The van der Waals surface area contributed by atoms with E-state index in [1.165, 1.54) is 11.3 Å². The maximum absolute atomic E-state index is 12.6. The third-order valence-corrected chi connectivity index (χ3v) is 4.82. The number of amides is 1. The van der Waals surface area contributed by atoms with Crippen LogP contribution in [0.1, 0.15) is 22.5 Å². The molecule has 5 nitrogen and oxygen atoms in total. The largest absolute Gasteiger partial charge is 0.396 e. The van der Waals surface area contributed by atoms with Crippen LogP contribution in [0.2, 0.25) is 0 Å². The number of nitrogens with zero attached hydrogens (tertiary/aromatic N) is 2. The summed E-state index contributed by atoms with van der Waals surface area (Å²) in [7, 11) is 1.69. The van der Waals surface area contributed by atoms with Crippen molar-refractivity contribution in [2.24, 2.45) is 0 Å². The van der Waals surface area contributed by atoms with Gasteiger partial charge in [-0.15, -0.1) is 11.3 Å². The summed E-state index contributed by atoms with van der Waals surface area (Å²) < 4.78 is 6.31. The van der Waals surface area contributed by atoms with Crippen LogP contribution in [-0.4, -0.2) is 42.1 Å². The van der Waals surface area contributed by atoms with Crippen molar-refractivity contribution in [1.82, 2.24) is 9.88 Å². The highest BCUT2D eigenvalue weighted by Crippen LogP contribution is 2.33. The van der Waals surface area contributed by atoms with Crippen molar-refractivity contribution < 1.29 is 9.53 Å². The predicted octanol–water partition coefficient (Wildman–Crippen LogP) is 2.13. The van der Waals surface area contributed by atoms with Crippen molar-refractivity contribution in [1.29, 1.82) is 0 Å². The molecule has 3 rings (SSSR count). The molecule has 0 saturated carbocycles. The van der Waals surface area contributed by atoms with Gasteiger partial charge < -0.3 is 15.4 Å². The summed E-state index contributed by atoms with van der Waals surface area (Å²) in [6.45, 7) is 1.40. The second-order valence-electron chi connectivity index (χ2n) is 4.95. The molecule has 1 amide bonds. The average molecular weight is 291 g/mol. The molecule has 1 aliphatic rings. The van der Waals surface area contributed by atoms with E-state index in [2.05, 4.69) is 4.98 Å². The number of piperidine rings is 1. The molecule has 0 bridgehead atoms. The minimum absolute atomic E-state index is 0.00718. The van der Waals surface area contributed by atoms with E-state index in [1.54, 1.807) is 13.3 Å². The zero-order valence-electron chi connectivity index (χ0n) is 11.3. The Balaban J connectivity index is 1.90. The fourth-order valence-electron chi connectivity index (χ4n) is 2.57. The van der Waals surface area contributed by atoms with Crippen LogP contribution in [0.15, 0.2) is 18.3 Å². The number of hydrogen-bond donors (Lipinski definition) is 1. The molecule has 3 heterocycles. The second-order valence-corrected chi connectivity index (χ2v) is 6.00. The molecule has 0 aliphatic carbocycles. The second kappa shape index (κ2) is 5.38. The normalized spacial score (nSPS) is 19.4. The molecule has 1 fully saturated rings. The van der Waals surface area contributed by atoms with Crippen LogP contribution in [0.4, 0.5) is 5.69 Å². The Morgan fingerprint density at radius 2 is 2.45 bits per heavy atom. The van der Waals surface area contributed by atoms with Crippen molar-refractivity contribution in [3.05, 3.63) is 23.2 Å². The SMILES string of the molecule is COC1CCCN(C(=O)c2sc3cccnc3c2N)C1. The van der Waals surface area contributed by atoms with Crippen LogP contribution in [0.25, 0.3) is 10.2 Å². The highest BCUT2D eigenvalue weighted by molar-refractivity contribution is 7.21. The maximum Gasteiger partial charge on any atom is 0.266 e. The van der Waals surface area contributed by atoms with E-state index in [9.17, 15) is 4.79 Å². The van der Waals surface area contributed by atoms with Crippen LogP contribution < -0.4 is 5.73 Å². The van der Waals surface area contributed by atoms with E-state index >= 15 is 0 Å². The zero-order valence-corrected chi connectivity index (χ0v) is 12.2. The van der Waals surface area contributed by atoms with E-state index in [1.807, 2.05) is 17.0 Å². The maximum atomic E-state index is 12.6. The van der Waals surface area contributed by atoms with Gasteiger partial charge in [-0.3, -0.25) is 9.78 Å². The number of likely N-dealkylation sites (tertiary alicyclic amines) is 1. The summed E-state index contributed by atoms with van der Waals surface area (Å²) in [4.78, 5) is 19.3. The van der Waals surface area contributed by atoms with E-state index in [0.717, 1.165) is 29.6 Å². The number of fused-ring (bicyclic) bond motifs is 1. The van der Waals surface area contributed by atoms with Gasteiger partial charge in [0.15, 0.2) is 0 Å². The summed E-state index contributed by atoms with van der Waals surface area (Å²) in [5, 5.41) is 0. The lowest BCUT2D eigenvalue weighted by molar-refractivity contribution is 0.0272. The summed E-state index contributed by atoms with van der Waals surface area (Å²) in [6, 6.07) is 3.79. The molecule has 0 radical (unpaired) electrons. The molecule has 0 spiro atoms. The summed E-state index contributed by atoms with van der Waals surface area (Å²) >= 11 is 1.41. The Kier molecular flexibility index (Phi) is 3.58. The monoisotopic (exact) mass is 291 g/mol. The number of nitrogens with two attached hydrogens (primary N) is 1. The Bertz CT molecular complexity index is 640. The van der Waals surface area contributed by atoms with Gasteiger partial charge in [0.1, 0.15) is 10.4 Å². The molecule has 2 aromatic heterocycles. The number of hydrogen-bond acceptors (Lipinski definition) is 5. The smallest absolute Gasteiger partial charge is 0.266 e. The van der Waals surface area contributed by atoms with Gasteiger partial charge in [-0.1, -0.05) is 0 Å². The molecule has 1 atom stereocenters. The number of carbonyl (C=O) groups excluding carboxylic acids is 1. The molecular formula is C14H17N3O2S. The third kappa shape index (κ3) is 2.25. The first-order chi connectivity index (χ1) is 9.70. The minimum atomic E-state index is -0.00718. The summed E-state index contributed by atoms with van der Waals surface area (Å²) in [6.07, 6.45) is 3.79. The average Bonchev–Trinajstić information content (AvgIpc) is 2.84. The van der Waals surface area contributed by atoms with E-state index in [4.69, 9.17) is 10.5 Å². The molecule has 0 aromatic carbocycles. The molecule has 2 aromatic rings. The topological polar surface area (TPSA) is 68.5 Å². The fourth-order valence-corrected chi connectivity index (χ4v) is 3.61. The first kappa shape index (κ1) is 13.3. The number of methoxy groups -OCH3 is 1. The lowest BCUT2D eigenvalue weighted by Gasteiger charge is -2.31. The van der Waals surface area contributed by atoms with Crippen LogP contribution in [-0.2, 0) is 4.74 Å². The molecule has 2 N–H and O–H groups in total. The Morgan fingerprint density at radius 1 is 1.60 bits per heavy atom. The lowest BCUT2D eigenvalue weighted by atomic mass is 10.1. The highest BCUT2D eigenvalue weighted by atomic mass is 32.1. The molecule has 6 heteroatoms. The molecule has 1 saturated heterocycles. The number of carbonyl (C=O) groups is 1. The van der Waals surface area contributed by atoms with Gasteiger partial charge in [0.2, 0.25) is 0 Å². The van der Waals surface area contributed by atoms with Crippen molar-refractivity contribution >= 4 is 33.1 Å². The van der Waals surface area contributed by atoms with Gasteiger partial charge in [0, 0.05) is 26.4 Å². The quantitative estimate of drug-likeness (QED) is 0.920. The standard InChI is InChI=1S/C14H17N3O2S/c1-19-9-4-3-7-17(8-9)14(18)13-11(15)12-10(20-13)5-2-6-16-12/h2,5-6,9H,3-4,7-8,15H2,1H3. The molecular weight excluding hydrogens is 274 g/mol. The van der Waals surface area contributed by atoms with Gasteiger partial charge in [-0.05, 0) is 25.0 Å². The predicted molar refractivity (Wildman–Crippen MR) is 80.0 cm³/mol. The van der Waals surface area contributed by atoms with Crippen molar-refractivity contribution in [3.63, 3.8) is 0 Å². The van der Waals surface area contributed by atoms with Gasteiger partial charge in [0.05, 0.1) is 16.5 Å². The Hall–Kier alpha value is -1.66. The van der Waals surface area contributed by atoms with Crippen LogP contribution in [0.3, 0.4) is 0 Å². The minimum Gasteiger partial charge on any atom is -0.396 e. The lowest BCUT2D eigenvalue weighted by Crippen LogP contribution is -2.42. The summed E-state index contributed by atoms with van der Waals surface area (Å²) in [5.74, 6) is -0.00718. The first-order valence-corrected chi connectivity index (χ1v) is 7.47. The molecule has 106 valence electrons. The van der Waals surface area contributed by atoms with Crippen molar-refractivity contribution in [2.75, 3.05) is 25.9 Å². The van der Waals surface area contributed by atoms with Gasteiger partial charge in [-0.25, -0.2) is 0 Å². The molecule has 1 unspecified atom stereocenters. The summed E-state index contributed by atoms with van der Waals surface area (Å²) in [5.41, 5.74) is 7.30. The first-order valence-electron chi connectivity index (χ1n) is 6.65. The highest BCUT2D eigenvalue weighted by Gasteiger charge is 2.27. The number of anilines is 1. The van der Waals surface area contributed by atoms with E-state index < -0.39 is 0 Å². The number of ether oxygens (including phenoxy) is 1. The van der Waals surface area contributed by atoms with Crippen molar-refractivity contribution in [2.45, 2.75) is 18.9 Å². The number of aromatic nitrogens is 1. The number of nitrogen functional groups attached to an aromatic ring is 1. The van der Waals surface area contributed by atoms with Gasteiger partial charge >= 0.3 is 0 Å². The van der Waals surface area contributed by atoms with E-state index in [0.29, 0.717) is 17.1 Å². The Morgan fingerprint density at radius 3 is 3.20 bits per heavy atom. The number of rotatable bonds is 2. The van der Waals surface area contributed by atoms with Crippen LogP contribution in [0, 0.1) is 0 Å². The third-order valence-electron chi connectivity index (χ3n) is 3.68. The van der Waals surface area contributed by atoms with Gasteiger partial charge in [-0.2, -0.15) is 0 Å². The molecule has 1 aliphatic heterocycles. The molecule has 20 heavy (non-hydrogen) atoms. The fraction of sp³-hybridized carbons (Fsp3) is 0.429.